The van der Waals surface area contributed by atoms with Crippen molar-refractivity contribution >= 4 is 17.5 Å². The molecule has 0 fully saturated rings. The highest BCUT2D eigenvalue weighted by Crippen LogP contribution is 2.26. The molecule has 0 spiro atoms. The maximum Gasteiger partial charge on any atom is 0.257 e. The van der Waals surface area contributed by atoms with Gasteiger partial charge >= 0.3 is 0 Å². The lowest BCUT2D eigenvalue weighted by molar-refractivity contribution is 0.0953. The van der Waals surface area contributed by atoms with Crippen LogP contribution in [-0.4, -0.2) is 27.4 Å². The average Bonchev–Trinajstić information content (AvgIpc) is 3.10. The Morgan fingerprint density at radius 2 is 1.92 bits per heavy atom. The number of hydrogen-bond acceptors (Lipinski definition) is 4. The van der Waals surface area contributed by atoms with Crippen LogP contribution in [0.2, 0.25) is 5.02 Å². The molecule has 0 saturated heterocycles. The van der Waals surface area contributed by atoms with Crippen molar-refractivity contribution < 1.29 is 9.32 Å². The number of rotatable bonds is 5. The lowest BCUT2D eigenvalue weighted by Crippen LogP contribution is -2.26. The van der Waals surface area contributed by atoms with Gasteiger partial charge in [0.1, 0.15) is 17.0 Å². The zero-order valence-corrected chi connectivity index (χ0v) is 16.0. The molecule has 1 aromatic carbocycles. The van der Waals surface area contributed by atoms with Gasteiger partial charge in [0.25, 0.3) is 5.91 Å². The summed E-state index contributed by atoms with van der Waals surface area (Å²) in [7, 11) is 1.92. The first-order valence-corrected chi connectivity index (χ1v) is 8.75. The predicted molar refractivity (Wildman–Crippen MR) is 100 cm³/mol. The van der Waals surface area contributed by atoms with Crippen LogP contribution in [0.3, 0.4) is 0 Å². The number of nitrogens with one attached hydrogen (secondary N) is 1. The number of amides is 1. The van der Waals surface area contributed by atoms with Crippen molar-refractivity contribution in [2.45, 2.75) is 27.2 Å². The number of hydrogen-bond donors (Lipinski definition) is 1. The first kappa shape index (κ1) is 18.2. The molecule has 0 aliphatic carbocycles. The van der Waals surface area contributed by atoms with Gasteiger partial charge in [0, 0.05) is 29.9 Å². The molecule has 3 rings (SSSR count). The van der Waals surface area contributed by atoms with Gasteiger partial charge in [-0.3, -0.25) is 9.48 Å². The van der Waals surface area contributed by atoms with E-state index >= 15 is 0 Å². The number of halogens is 1. The van der Waals surface area contributed by atoms with Crippen molar-refractivity contribution in [3.63, 3.8) is 0 Å². The Bertz CT molecular complexity index is 941. The molecule has 0 aliphatic heterocycles. The minimum absolute atomic E-state index is 0.201. The molecule has 6 nitrogen and oxygen atoms in total. The number of aryl methyl sites for hydroxylation is 3. The van der Waals surface area contributed by atoms with E-state index in [0.717, 1.165) is 28.9 Å². The van der Waals surface area contributed by atoms with Crippen LogP contribution >= 0.6 is 11.6 Å². The minimum Gasteiger partial charge on any atom is -0.360 e. The van der Waals surface area contributed by atoms with E-state index in [-0.39, 0.29) is 5.91 Å². The summed E-state index contributed by atoms with van der Waals surface area (Å²) in [6, 6.07) is 7.16. The number of nitrogens with zero attached hydrogens (tertiary/aromatic N) is 3. The summed E-state index contributed by atoms with van der Waals surface area (Å²) in [5, 5.41) is 12.0. The highest BCUT2D eigenvalue weighted by molar-refractivity contribution is 6.30. The minimum atomic E-state index is -0.201. The van der Waals surface area contributed by atoms with E-state index in [4.69, 9.17) is 16.1 Å². The zero-order chi connectivity index (χ0) is 18.8. The van der Waals surface area contributed by atoms with Crippen LogP contribution in [0, 0.1) is 20.8 Å². The number of aromatic nitrogens is 3. The third-order valence-electron chi connectivity index (χ3n) is 4.53. The SMILES string of the molecule is Cc1nn(C)c(C)c1CCNC(=O)c1c(-c2ccc(Cl)cc2)noc1C. The third kappa shape index (κ3) is 3.51. The second-order valence-electron chi connectivity index (χ2n) is 6.25. The van der Waals surface area contributed by atoms with E-state index in [1.807, 2.05) is 37.7 Å². The molecule has 0 saturated carbocycles. The average molecular weight is 373 g/mol. The van der Waals surface area contributed by atoms with Crippen molar-refractivity contribution in [1.29, 1.82) is 0 Å². The molecule has 0 atom stereocenters. The molecule has 0 unspecified atom stereocenters. The Kier molecular flexibility index (Phi) is 5.13. The Hall–Kier alpha value is -2.60. The van der Waals surface area contributed by atoms with Gasteiger partial charge in [-0.25, -0.2) is 0 Å². The predicted octanol–water partition coefficient (Wildman–Crippen LogP) is 3.63. The van der Waals surface area contributed by atoms with Gasteiger partial charge in [0.2, 0.25) is 0 Å². The van der Waals surface area contributed by atoms with Gasteiger partial charge in [-0.05, 0) is 44.9 Å². The second-order valence-corrected chi connectivity index (χ2v) is 6.68. The summed E-state index contributed by atoms with van der Waals surface area (Å²) < 4.78 is 7.11. The molecule has 1 amide bonds. The highest BCUT2D eigenvalue weighted by Gasteiger charge is 2.21. The van der Waals surface area contributed by atoms with Gasteiger partial charge in [0.15, 0.2) is 0 Å². The standard InChI is InChI=1S/C19H21ClN4O2/c1-11-16(12(2)24(4)22-11)9-10-21-19(25)17-13(3)26-23-18(17)14-5-7-15(20)8-6-14/h5-8H,9-10H2,1-4H3,(H,21,25). The molecule has 0 radical (unpaired) electrons. The van der Waals surface area contributed by atoms with Crippen molar-refractivity contribution in [3.8, 4) is 11.3 Å². The van der Waals surface area contributed by atoms with Gasteiger partial charge in [-0.15, -0.1) is 0 Å². The smallest absolute Gasteiger partial charge is 0.257 e. The quantitative estimate of drug-likeness (QED) is 0.742. The van der Waals surface area contributed by atoms with E-state index in [9.17, 15) is 4.79 Å². The number of benzene rings is 1. The van der Waals surface area contributed by atoms with Crippen LogP contribution in [0.1, 0.15) is 33.1 Å². The largest absolute Gasteiger partial charge is 0.360 e. The Morgan fingerprint density at radius 3 is 2.54 bits per heavy atom. The van der Waals surface area contributed by atoms with Gasteiger partial charge < -0.3 is 9.84 Å². The number of carbonyl (C=O) groups excluding carboxylic acids is 1. The molecule has 0 aliphatic rings. The van der Waals surface area contributed by atoms with Crippen LogP contribution in [0.15, 0.2) is 28.8 Å². The van der Waals surface area contributed by atoms with E-state index in [1.54, 1.807) is 19.1 Å². The molecule has 3 aromatic rings. The maximum absolute atomic E-state index is 12.7. The van der Waals surface area contributed by atoms with Gasteiger partial charge in [-0.2, -0.15) is 5.10 Å². The van der Waals surface area contributed by atoms with Crippen LogP contribution in [-0.2, 0) is 13.5 Å². The molecule has 2 heterocycles. The van der Waals surface area contributed by atoms with Crippen molar-refractivity contribution in [3.05, 3.63) is 57.6 Å². The molecule has 2 aromatic heterocycles. The molecule has 1 N–H and O–H groups in total. The third-order valence-corrected chi connectivity index (χ3v) is 4.78. The van der Waals surface area contributed by atoms with Crippen LogP contribution < -0.4 is 5.32 Å². The summed E-state index contributed by atoms with van der Waals surface area (Å²) in [6.07, 6.45) is 0.720. The van der Waals surface area contributed by atoms with Gasteiger partial charge in [-0.1, -0.05) is 28.9 Å². The fourth-order valence-electron chi connectivity index (χ4n) is 3.01. The lowest BCUT2D eigenvalue weighted by atomic mass is 10.1. The van der Waals surface area contributed by atoms with E-state index < -0.39 is 0 Å². The molecule has 7 heteroatoms. The highest BCUT2D eigenvalue weighted by atomic mass is 35.5. The topological polar surface area (TPSA) is 73.0 Å². The van der Waals surface area contributed by atoms with Crippen molar-refractivity contribution in [2.75, 3.05) is 6.54 Å². The first-order valence-electron chi connectivity index (χ1n) is 8.38. The monoisotopic (exact) mass is 372 g/mol. The van der Waals surface area contributed by atoms with Gasteiger partial charge in [0.05, 0.1) is 5.69 Å². The first-order chi connectivity index (χ1) is 12.4. The molecule has 0 bridgehead atoms. The molecular weight excluding hydrogens is 352 g/mol. The summed E-state index contributed by atoms with van der Waals surface area (Å²) in [4.78, 5) is 12.7. The maximum atomic E-state index is 12.7. The van der Waals surface area contributed by atoms with E-state index in [1.165, 1.54) is 0 Å². The summed E-state index contributed by atoms with van der Waals surface area (Å²) >= 11 is 5.93. The molecule has 136 valence electrons. The van der Waals surface area contributed by atoms with Crippen LogP contribution in [0.4, 0.5) is 0 Å². The van der Waals surface area contributed by atoms with Crippen LogP contribution in [0.25, 0.3) is 11.3 Å². The fourth-order valence-corrected chi connectivity index (χ4v) is 3.14. The van der Waals surface area contributed by atoms with Crippen molar-refractivity contribution in [1.82, 2.24) is 20.3 Å². The summed E-state index contributed by atoms with van der Waals surface area (Å²) in [5.41, 5.74) is 5.02. The summed E-state index contributed by atoms with van der Waals surface area (Å²) in [5.74, 6) is 0.286. The molecule has 26 heavy (non-hydrogen) atoms. The normalized spacial score (nSPS) is 11.0. The number of carbonyl (C=O) groups is 1. The molecular formula is C19H21ClN4O2. The second kappa shape index (κ2) is 7.33. The summed E-state index contributed by atoms with van der Waals surface area (Å²) in [6.45, 7) is 6.25. The Morgan fingerprint density at radius 1 is 1.23 bits per heavy atom. The Labute approximate surface area is 157 Å². The van der Waals surface area contributed by atoms with E-state index in [0.29, 0.717) is 28.6 Å². The lowest BCUT2D eigenvalue weighted by Gasteiger charge is -2.07. The van der Waals surface area contributed by atoms with E-state index in [2.05, 4.69) is 15.6 Å². The van der Waals surface area contributed by atoms with Crippen molar-refractivity contribution in [2.24, 2.45) is 7.05 Å². The fraction of sp³-hybridized carbons (Fsp3) is 0.316. The Balaban J connectivity index is 1.74. The van der Waals surface area contributed by atoms with Crippen LogP contribution in [0.5, 0.6) is 0 Å². The zero-order valence-electron chi connectivity index (χ0n) is 15.3.